The molecule has 1 heterocycles. The zero-order valence-corrected chi connectivity index (χ0v) is 15.9. The molecule has 0 aliphatic carbocycles. The zero-order chi connectivity index (χ0) is 17.6. The Morgan fingerprint density at radius 3 is 2.56 bits per heavy atom. The third-order valence-electron chi connectivity index (χ3n) is 3.85. The van der Waals surface area contributed by atoms with Crippen LogP contribution in [0.1, 0.15) is 23.3 Å². The molecular weight excluding hydrogens is 330 g/mol. The monoisotopic (exact) mass is 359 g/mol. The normalized spacial score (nSPS) is 11.5. The van der Waals surface area contributed by atoms with E-state index in [0.717, 1.165) is 57.9 Å². The Morgan fingerprint density at radius 2 is 1.80 bits per heavy atom. The number of hydrogen-bond donors (Lipinski definition) is 2. The highest BCUT2D eigenvalue weighted by Crippen LogP contribution is 2.07. The second-order valence-electron chi connectivity index (χ2n) is 5.81. The van der Waals surface area contributed by atoms with E-state index in [1.807, 2.05) is 13.1 Å². The summed E-state index contributed by atoms with van der Waals surface area (Å²) < 4.78 is 5.70. The molecule has 25 heavy (non-hydrogen) atoms. The van der Waals surface area contributed by atoms with Crippen molar-refractivity contribution in [3.63, 3.8) is 0 Å². The Bertz CT molecular complexity index is 584. The number of benzene rings is 1. The van der Waals surface area contributed by atoms with Crippen LogP contribution in [0, 0.1) is 0 Å². The first kappa shape index (κ1) is 19.5. The van der Waals surface area contributed by atoms with Crippen molar-refractivity contribution in [1.82, 2.24) is 10.6 Å². The number of unbranched alkanes of at least 4 members (excludes halogenated alkanes) is 1. The molecule has 1 aromatic heterocycles. The summed E-state index contributed by atoms with van der Waals surface area (Å²) in [6.07, 6.45) is 4.17. The maximum Gasteiger partial charge on any atom is 0.190 e. The van der Waals surface area contributed by atoms with Crippen LogP contribution in [0.15, 0.2) is 52.8 Å². The van der Waals surface area contributed by atoms with Gasteiger partial charge in [0.05, 0.1) is 6.61 Å². The predicted molar refractivity (Wildman–Crippen MR) is 108 cm³/mol. The van der Waals surface area contributed by atoms with Gasteiger partial charge in [-0.2, -0.15) is 0 Å². The third-order valence-corrected chi connectivity index (χ3v) is 4.79. The highest BCUT2D eigenvalue weighted by atomic mass is 32.1. The van der Waals surface area contributed by atoms with Crippen molar-refractivity contribution >= 4 is 17.3 Å². The minimum Gasteiger partial charge on any atom is -0.381 e. The lowest BCUT2D eigenvalue weighted by molar-refractivity contribution is 0.133. The lowest BCUT2D eigenvalue weighted by Crippen LogP contribution is -2.38. The van der Waals surface area contributed by atoms with Crippen molar-refractivity contribution in [2.45, 2.75) is 25.7 Å². The van der Waals surface area contributed by atoms with Gasteiger partial charge in [0.2, 0.25) is 0 Å². The molecule has 0 unspecified atom stereocenters. The van der Waals surface area contributed by atoms with Crippen LogP contribution in [0.4, 0.5) is 0 Å². The van der Waals surface area contributed by atoms with Gasteiger partial charge in [-0.3, -0.25) is 4.99 Å². The molecule has 0 radical (unpaired) electrons. The quantitative estimate of drug-likeness (QED) is 0.367. The van der Waals surface area contributed by atoms with Gasteiger partial charge in [0, 0.05) is 31.6 Å². The van der Waals surface area contributed by atoms with E-state index in [-0.39, 0.29) is 0 Å². The summed E-state index contributed by atoms with van der Waals surface area (Å²) in [6.45, 7) is 3.44. The van der Waals surface area contributed by atoms with Crippen molar-refractivity contribution < 1.29 is 4.74 Å². The van der Waals surface area contributed by atoms with Crippen LogP contribution < -0.4 is 10.6 Å². The molecule has 0 aliphatic heterocycles. The molecule has 0 spiro atoms. The lowest BCUT2D eigenvalue weighted by atomic mass is 10.2. The predicted octanol–water partition coefficient (Wildman–Crippen LogP) is 3.50. The number of hydrogen-bond acceptors (Lipinski definition) is 3. The number of guanidine groups is 1. The molecule has 0 aliphatic rings. The van der Waals surface area contributed by atoms with Gasteiger partial charge in [0.15, 0.2) is 5.96 Å². The summed E-state index contributed by atoms with van der Waals surface area (Å²) in [4.78, 5) is 5.65. The molecule has 2 N–H and O–H groups in total. The number of aliphatic imine (C=N–C) groups is 1. The van der Waals surface area contributed by atoms with Crippen molar-refractivity contribution in [2.75, 3.05) is 33.4 Å². The van der Waals surface area contributed by atoms with E-state index in [2.05, 4.69) is 57.4 Å². The number of nitrogens with zero attached hydrogens (tertiary/aromatic N) is 1. The molecule has 2 aromatic rings. The summed E-state index contributed by atoms with van der Waals surface area (Å²) >= 11 is 1.80. The fourth-order valence-electron chi connectivity index (χ4n) is 2.45. The molecule has 136 valence electrons. The summed E-state index contributed by atoms with van der Waals surface area (Å²) in [6, 6.07) is 14.7. The van der Waals surface area contributed by atoms with Crippen LogP contribution in [0.3, 0.4) is 0 Å². The minimum absolute atomic E-state index is 0.795. The van der Waals surface area contributed by atoms with Crippen LogP contribution in [0.5, 0.6) is 0 Å². The lowest BCUT2D eigenvalue weighted by Gasteiger charge is -2.11. The van der Waals surface area contributed by atoms with Gasteiger partial charge in [-0.05, 0) is 42.7 Å². The molecular formula is C20H29N3OS. The number of nitrogens with one attached hydrogen (secondary N) is 2. The smallest absolute Gasteiger partial charge is 0.190 e. The number of thiophene rings is 1. The Labute approximate surface area is 155 Å². The van der Waals surface area contributed by atoms with Crippen LogP contribution in [-0.2, 0) is 17.6 Å². The van der Waals surface area contributed by atoms with Crippen molar-refractivity contribution in [3.8, 4) is 0 Å². The van der Waals surface area contributed by atoms with E-state index in [1.54, 1.807) is 11.3 Å². The maximum absolute atomic E-state index is 5.70. The molecule has 1 aromatic carbocycles. The standard InChI is InChI=1S/C20H29N3OS/c1-21-20(23-14-11-19-10-7-17-25-19)22-13-5-6-15-24-16-12-18-8-3-2-4-9-18/h2-4,7-10,17H,5-6,11-16H2,1H3,(H2,21,22,23). The van der Waals surface area contributed by atoms with Gasteiger partial charge in [0.1, 0.15) is 0 Å². The van der Waals surface area contributed by atoms with Crippen molar-refractivity contribution in [3.05, 3.63) is 58.3 Å². The topological polar surface area (TPSA) is 45.7 Å². The van der Waals surface area contributed by atoms with Gasteiger partial charge >= 0.3 is 0 Å². The zero-order valence-electron chi connectivity index (χ0n) is 15.0. The molecule has 0 saturated carbocycles. The van der Waals surface area contributed by atoms with Crippen LogP contribution in [0.25, 0.3) is 0 Å². The molecule has 0 atom stereocenters. The first-order valence-corrected chi connectivity index (χ1v) is 9.85. The van der Waals surface area contributed by atoms with E-state index in [1.165, 1.54) is 10.4 Å². The van der Waals surface area contributed by atoms with E-state index < -0.39 is 0 Å². The average molecular weight is 360 g/mol. The van der Waals surface area contributed by atoms with E-state index >= 15 is 0 Å². The summed E-state index contributed by atoms with van der Waals surface area (Å²) in [5.41, 5.74) is 1.33. The number of ether oxygens (including phenoxy) is 1. The fourth-order valence-corrected chi connectivity index (χ4v) is 3.16. The highest BCUT2D eigenvalue weighted by molar-refractivity contribution is 7.09. The average Bonchev–Trinajstić information content (AvgIpc) is 3.16. The second-order valence-corrected chi connectivity index (χ2v) is 6.84. The minimum atomic E-state index is 0.795. The van der Waals surface area contributed by atoms with E-state index in [4.69, 9.17) is 4.74 Å². The van der Waals surface area contributed by atoms with Crippen LogP contribution in [-0.4, -0.2) is 39.3 Å². The molecule has 0 bridgehead atoms. The second kappa shape index (κ2) is 12.5. The Balaban J connectivity index is 1.43. The largest absolute Gasteiger partial charge is 0.381 e. The van der Waals surface area contributed by atoms with Gasteiger partial charge in [-0.15, -0.1) is 11.3 Å². The third kappa shape index (κ3) is 8.70. The van der Waals surface area contributed by atoms with Crippen molar-refractivity contribution in [2.24, 2.45) is 4.99 Å². The van der Waals surface area contributed by atoms with Gasteiger partial charge in [-0.25, -0.2) is 0 Å². The molecule has 0 saturated heterocycles. The van der Waals surface area contributed by atoms with Crippen LogP contribution in [0.2, 0.25) is 0 Å². The van der Waals surface area contributed by atoms with E-state index in [0.29, 0.717) is 0 Å². The fraction of sp³-hybridized carbons (Fsp3) is 0.450. The summed E-state index contributed by atoms with van der Waals surface area (Å²) in [5, 5.41) is 8.82. The van der Waals surface area contributed by atoms with Gasteiger partial charge < -0.3 is 15.4 Å². The molecule has 2 rings (SSSR count). The molecule has 0 fully saturated rings. The maximum atomic E-state index is 5.70. The number of rotatable bonds is 11. The highest BCUT2D eigenvalue weighted by Gasteiger charge is 1.98. The van der Waals surface area contributed by atoms with E-state index in [9.17, 15) is 0 Å². The first-order chi connectivity index (χ1) is 12.4. The molecule has 4 nitrogen and oxygen atoms in total. The van der Waals surface area contributed by atoms with Crippen molar-refractivity contribution in [1.29, 1.82) is 0 Å². The SMILES string of the molecule is CN=C(NCCCCOCCc1ccccc1)NCCc1cccs1. The van der Waals surface area contributed by atoms with Gasteiger partial charge in [-0.1, -0.05) is 36.4 Å². The Morgan fingerprint density at radius 1 is 0.960 bits per heavy atom. The molecule has 0 amide bonds. The van der Waals surface area contributed by atoms with Gasteiger partial charge in [0.25, 0.3) is 0 Å². The Hall–Kier alpha value is -1.85. The summed E-state index contributed by atoms with van der Waals surface area (Å²) in [7, 11) is 1.81. The summed E-state index contributed by atoms with van der Waals surface area (Å²) in [5.74, 6) is 0.876. The first-order valence-electron chi connectivity index (χ1n) is 8.97. The Kier molecular flexibility index (Phi) is 9.74. The van der Waals surface area contributed by atoms with Crippen LogP contribution >= 0.6 is 11.3 Å². The molecule has 5 heteroatoms.